The van der Waals surface area contributed by atoms with Gasteiger partial charge in [-0.2, -0.15) is 0 Å². The zero-order valence-corrected chi connectivity index (χ0v) is 16.0. The first-order chi connectivity index (χ1) is 13.1. The Morgan fingerprint density at radius 1 is 1.22 bits per heavy atom. The van der Waals surface area contributed by atoms with Crippen LogP contribution < -0.4 is 5.73 Å². The number of hydrogen-bond acceptors (Lipinski definition) is 4. The number of nitrogens with two attached hydrogens (primary N) is 1. The summed E-state index contributed by atoms with van der Waals surface area (Å²) in [5.74, 6) is 0.0438. The molecule has 0 aliphatic carbocycles. The van der Waals surface area contributed by atoms with Crippen molar-refractivity contribution in [2.45, 2.75) is 44.8 Å². The zero-order chi connectivity index (χ0) is 19.2. The lowest BCUT2D eigenvalue weighted by Gasteiger charge is -2.36. The highest BCUT2D eigenvalue weighted by molar-refractivity contribution is 5.82. The maximum Gasteiger partial charge on any atom is 0.225 e. The quantitative estimate of drug-likeness (QED) is 0.779. The van der Waals surface area contributed by atoms with Gasteiger partial charge in [0.25, 0.3) is 0 Å². The van der Waals surface area contributed by atoms with Crippen LogP contribution in [0.3, 0.4) is 0 Å². The lowest BCUT2D eigenvalue weighted by Crippen LogP contribution is -2.43. The standard InChI is InChI=1S/C21H29N3O3/c1-16(25)24-13-7-17-5-2-3-6-19(17)20(24)15-21(26)23-11-8-18(9-12-23)27-14-4-10-22/h2-3,5-7,13,18,20H,4,8-12,14-15,22H2,1H3. The smallest absolute Gasteiger partial charge is 0.225 e. The minimum atomic E-state index is -0.241. The van der Waals surface area contributed by atoms with Crippen molar-refractivity contribution >= 4 is 17.9 Å². The fraction of sp³-hybridized carbons (Fsp3) is 0.524. The van der Waals surface area contributed by atoms with Crippen LogP contribution in [0.2, 0.25) is 0 Å². The molecule has 3 rings (SSSR count). The molecule has 1 fully saturated rings. The van der Waals surface area contributed by atoms with E-state index in [0.717, 1.165) is 30.4 Å². The SMILES string of the molecule is CC(=O)N1C=Cc2ccccc2C1CC(=O)N1CCC(OCCCN)CC1. The molecule has 2 aliphatic heterocycles. The third kappa shape index (κ3) is 4.76. The Kier molecular flexibility index (Phi) is 6.63. The minimum Gasteiger partial charge on any atom is -0.378 e. The number of likely N-dealkylation sites (tertiary alicyclic amines) is 1. The van der Waals surface area contributed by atoms with Gasteiger partial charge < -0.3 is 20.3 Å². The highest BCUT2D eigenvalue weighted by Gasteiger charge is 2.31. The summed E-state index contributed by atoms with van der Waals surface area (Å²) < 4.78 is 5.82. The molecule has 2 N–H and O–H groups in total. The second kappa shape index (κ2) is 9.15. The monoisotopic (exact) mass is 371 g/mol. The van der Waals surface area contributed by atoms with Gasteiger partial charge in [-0.1, -0.05) is 24.3 Å². The van der Waals surface area contributed by atoms with Gasteiger partial charge in [-0.25, -0.2) is 0 Å². The Balaban J connectivity index is 1.61. The summed E-state index contributed by atoms with van der Waals surface area (Å²) in [7, 11) is 0. The van der Waals surface area contributed by atoms with Gasteiger partial charge in [0.1, 0.15) is 0 Å². The Bertz CT molecular complexity index is 696. The van der Waals surface area contributed by atoms with E-state index in [1.165, 1.54) is 0 Å². The van der Waals surface area contributed by atoms with E-state index in [9.17, 15) is 9.59 Å². The van der Waals surface area contributed by atoms with Crippen molar-refractivity contribution in [3.8, 4) is 0 Å². The minimum absolute atomic E-state index is 0.0504. The molecule has 1 unspecified atom stereocenters. The average molecular weight is 371 g/mol. The molecule has 27 heavy (non-hydrogen) atoms. The zero-order valence-electron chi connectivity index (χ0n) is 16.0. The van der Waals surface area contributed by atoms with Gasteiger partial charge in [-0.15, -0.1) is 0 Å². The normalized spacial score (nSPS) is 19.9. The molecule has 0 bridgehead atoms. The number of benzene rings is 1. The maximum atomic E-state index is 12.9. The number of piperidine rings is 1. The first-order valence-corrected chi connectivity index (χ1v) is 9.75. The Hall–Kier alpha value is -2.18. The van der Waals surface area contributed by atoms with Gasteiger partial charge >= 0.3 is 0 Å². The van der Waals surface area contributed by atoms with Gasteiger partial charge in [0.05, 0.1) is 18.6 Å². The number of fused-ring (bicyclic) bond motifs is 1. The summed E-state index contributed by atoms with van der Waals surface area (Å²) >= 11 is 0. The van der Waals surface area contributed by atoms with E-state index in [1.54, 1.807) is 18.0 Å². The van der Waals surface area contributed by atoms with Crippen molar-refractivity contribution in [2.24, 2.45) is 5.73 Å². The van der Waals surface area contributed by atoms with E-state index >= 15 is 0 Å². The lowest BCUT2D eigenvalue weighted by atomic mass is 9.93. The molecule has 2 heterocycles. The summed E-state index contributed by atoms with van der Waals surface area (Å²) in [6.45, 7) is 4.28. The van der Waals surface area contributed by atoms with Crippen LogP contribution in [0.5, 0.6) is 0 Å². The van der Waals surface area contributed by atoms with Crippen LogP contribution in [0.4, 0.5) is 0 Å². The van der Waals surface area contributed by atoms with Crippen LogP contribution in [0.25, 0.3) is 6.08 Å². The van der Waals surface area contributed by atoms with Crippen molar-refractivity contribution in [1.82, 2.24) is 9.80 Å². The predicted molar refractivity (Wildman–Crippen MR) is 105 cm³/mol. The van der Waals surface area contributed by atoms with Gasteiger partial charge in [-0.05, 0) is 43.0 Å². The van der Waals surface area contributed by atoms with Crippen molar-refractivity contribution in [3.05, 3.63) is 41.6 Å². The first kappa shape index (κ1) is 19.6. The molecule has 146 valence electrons. The molecule has 6 nitrogen and oxygen atoms in total. The number of carbonyl (C=O) groups is 2. The van der Waals surface area contributed by atoms with Crippen molar-refractivity contribution in [3.63, 3.8) is 0 Å². The Labute approximate surface area is 161 Å². The molecule has 0 aromatic heterocycles. The molecule has 1 saturated heterocycles. The number of carbonyl (C=O) groups excluding carboxylic acids is 2. The van der Waals surface area contributed by atoms with E-state index in [0.29, 0.717) is 32.7 Å². The van der Waals surface area contributed by atoms with Gasteiger partial charge in [0.15, 0.2) is 0 Å². The largest absolute Gasteiger partial charge is 0.378 e. The van der Waals surface area contributed by atoms with Crippen LogP contribution in [0.15, 0.2) is 30.5 Å². The molecule has 0 spiro atoms. The van der Waals surface area contributed by atoms with E-state index < -0.39 is 0 Å². The molecule has 0 saturated carbocycles. The van der Waals surface area contributed by atoms with Crippen LogP contribution in [-0.2, 0) is 14.3 Å². The third-order valence-corrected chi connectivity index (χ3v) is 5.33. The summed E-state index contributed by atoms with van der Waals surface area (Å²) in [5, 5.41) is 0. The van der Waals surface area contributed by atoms with Crippen molar-refractivity contribution < 1.29 is 14.3 Å². The van der Waals surface area contributed by atoms with Crippen LogP contribution >= 0.6 is 0 Å². The third-order valence-electron chi connectivity index (χ3n) is 5.33. The van der Waals surface area contributed by atoms with Crippen LogP contribution in [-0.4, -0.2) is 54.0 Å². The summed E-state index contributed by atoms with van der Waals surface area (Å²) in [5.41, 5.74) is 7.60. The average Bonchev–Trinajstić information content (AvgIpc) is 2.68. The molecule has 2 aliphatic rings. The van der Waals surface area contributed by atoms with E-state index in [4.69, 9.17) is 10.5 Å². The Morgan fingerprint density at radius 2 is 1.96 bits per heavy atom. The number of rotatable bonds is 6. The number of nitrogens with zero attached hydrogens (tertiary/aromatic N) is 2. The molecular formula is C21H29N3O3. The van der Waals surface area contributed by atoms with Gasteiger partial charge in [0, 0.05) is 32.8 Å². The number of ether oxygens (including phenoxy) is 1. The second-order valence-electron chi connectivity index (χ2n) is 7.18. The van der Waals surface area contributed by atoms with E-state index in [2.05, 4.69) is 0 Å². The highest BCUT2D eigenvalue weighted by atomic mass is 16.5. The van der Waals surface area contributed by atoms with Gasteiger partial charge in [0.2, 0.25) is 11.8 Å². The summed E-state index contributed by atoms with van der Waals surface area (Å²) in [6, 6.07) is 7.71. The fourth-order valence-electron chi connectivity index (χ4n) is 3.81. The molecule has 6 heteroatoms. The van der Waals surface area contributed by atoms with Crippen LogP contribution in [0.1, 0.15) is 49.8 Å². The van der Waals surface area contributed by atoms with Crippen LogP contribution in [0, 0.1) is 0 Å². The second-order valence-corrected chi connectivity index (χ2v) is 7.18. The molecule has 1 aromatic carbocycles. The summed E-state index contributed by atoms with van der Waals surface area (Å²) in [4.78, 5) is 28.6. The lowest BCUT2D eigenvalue weighted by molar-refractivity contribution is -0.136. The Morgan fingerprint density at radius 3 is 2.67 bits per heavy atom. The molecule has 1 atom stereocenters. The van der Waals surface area contributed by atoms with E-state index in [1.807, 2.05) is 35.2 Å². The predicted octanol–water partition coefficient (Wildman–Crippen LogP) is 2.31. The molecule has 2 amide bonds. The summed E-state index contributed by atoms with van der Waals surface area (Å²) in [6.07, 6.45) is 6.82. The van der Waals surface area contributed by atoms with E-state index in [-0.39, 0.29) is 24.0 Å². The van der Waals surface area contributed by atoms with Crippen molar-refractivity contribution in [2.75, 3.05) is 26.2 Å². The highest BCUT2D eigenvalue weighted by Crippen LogP contribution is 2.33. The first-order valence-electron chi connectivity index (χ1n) is 9.75. The molecule has 1 aromatic rings. The fourth-order valence-corrected chi connectivity index (χ4v) is 3.81. The van der Waals surface area contributed by atoms with Gasteiger partial charge in [-0.3, -0.25) is 9.59 Å². The van der Waals surface area contributed by atoms with Crippen molar-refractivity contribution in [1.29, 1.82) is 0 Å². The molecule has 0 radical (unpaired) electrons. The molecular weight excluding hydrogens is 342 g/mol. The number of hydrogen-bond donors (Lipinski definition) is 1. The topological polar surface area (TPSA) is 75.9 Å². The maximum absolute atomic E-state index is 12.9. The number of amides is 2.